The molecule has 0 radical (unpaired) electrons. The van der Waals surface area contributed by atoms with E-state index in [-0.39, 0.29) is 0 Å². The third kappa shape index (κ3) is 3.80. The van der Waals surface area contributed by atoms with Crippen LogP contribution in [0.4, 0.5) is 17.1 Å². The molecule has 0 saturated carbocycles. The standard InChI is InChI=1S/C15H14Cl2N2O2/c1-2-21-15(20)12-4-3-5-13(14(12)18)19-11-7-9(16)6-10(17)8-11/h3-8,19H,2,18H2,1H3. The minimum Gasteiger partial charge on any atom is -0.462 e. The maximum atomic E-state index is 11.8. The van der Waals surface area contributed by atoms with Gasteiger partial charge in [-0.3, -0.25) is 0 Å². The molecule has 0 atom stereocenters. The van der Waals surface area contributed by atoms with Crippen molar-refractivity contribution in [1.29, 1.82) is 0 Å². The van der Waals surface area contributed by atoms with E-state index < -0.39 is 5.97 Å². The van der Waals surface area contributed by atoms with Crippen molar-refractivity contribution < 1.29 is 9.53 Å². The van der Waals surface area contributed by atoms with Gasteiger partial charge in [0, 0.05) is 15.7 Å². The van der Waals surface area contributed by atoms with Gasteiger partial charge in [0.15, 0.2) is 0 Å². The molecular weight excluding hydrogens is 311 g/mol. The number of esters is 1. The number of hydrogen-bond donors (Lipinski definition) is 2. The van der Waals surface area contributed by atoms with Crippen LogP contribution in [0.2, 0.25) is 10.0 Å². The molecule has 0 saturated heterocycles. The van der Waals surface area contributed by atoms with Gasteiger partial charge in [-0.05, 0) is 37.3 Å². The van der Waals surface area contributed by atoms with E-state index in [4.69, 9.17) is 33.7 Å². The number of nitrogens with two attached hydrogens (primary N) is 1. The van der Waals surface area contributed by atoms with Gasteiger partial charge in [-0.25, -0.2) is 4.79 Å². The fraction of sp³-hybridized carbons (Fsp3) is 0.133. The van der Waals surface area contributed by atoms with Crippen LogP contribution in [0.3, 0.4) is 0 Å². The summed E-state index contributed by atoms with van der Waals surface area (Å²) in [7, 11) is 0. The van der Waals surface area contributed by atoms with Gasteiger partial charge in [0.2, 0.25) is 0 Å². The molecule has 21 heavy (non-hydrogen) atoms. The second kappa shape index (κ2) is 6.70. The van der Waals surface area contributed by atoms with Gasteiger partial charge in [0.1, 0.15) is 0 Å². The van der Waals surface area contributed by atoms with Crippen molar-refractivity contribution >= 4 is 46.2 Å². The van der Waals surface area contributed by atoms with Crippen LogP contribution in [0.5, 0.6) is 0 Å². The Bertz CT molecular complexity index is 654. The second-order valence-corrected chi connectivity index (χ2v) is 5.14. The van der Waals surface area contributed by atoms with Crippen molar-refractivity contribution in [3.8, 4) is 0 Å². The summed E-state index contributed by atoms with van der Waals surface area (Å²) in [6.07, 6.45) is 0. The second-order valence-electron chi connectivity index (χ2n) is 4.27. The van der Waals surface area contributed by atoms with Crippen molar-refractivity contribution in [3.63, 3.8) is 0 Å². The summed E-state index contributed by atoms with van der Waals surface area (Å²) < 4.78 is 4.96. The number of rotatable bonds is 4. The summed E-state index contributed by atoms with van der Waals surface area (Å²) in [5.74, 6) is -0.456. The zero-order valence-corrected chi connectivity index (χ0v) is 12.8. The van der Waals surface area contributed by atoms with Gasteiger partial charge in [-0.15, -0.1) is 0 Å². The SMILES string of the molecule is CCOC(=O)c1cccc(Nc2cc(Cl)cc(Cl)c2)c1N. The van der Waals surface area contributed by atoms with Crippen LogP contribution < -0.4 is 11.1 Å². The number of anilines is 3. The minimum atomic E-state index is -0.456. The molecule has 110 valence electrons. The average Bonchev–Trinajstić information content (AvgIpc) is 2.40. The normalized spacial score (nSPS) is 10.2. The third-order valence-electron chi connectivity index (χ3n) is 2.74. The number of nitrogen functional groups attached to an aromatic ring is 1. The molecule has 2 aromatic rings. The van der Waals surface area contributed by atoms with Crippen molar-refractivity contribution in [1.82, 2.24) is 0 Å². The highest BCUT2D eigenvalue weighted by Crippen LogP contribution is 2.29. The van der Waals surface area contributed by atoms with E-state index in [1.54, 1.807) is 43.3 Å². The number of benzene rings is 2. The first-order valence-electron chi connectivity index (χ1n) is 6.30. The molecular formula is C15H14Cl2N2O2. The number of halogens is 2. The molecule has 0 bridgehead atoms. The Kier molecular flexibility index (Phi) is 4.94. The van der Waals surface area contributed by atoms with Crippen molar-refractivity contribution in [2.45, 2.75) is 6.92 Å². The Labute approximate surface area is 132 Å². The van der Waals surface area contributed by atoms with Crippen molar-refractivity contribution in [2.75, 3.05) is 17.7 Å². The number of nitrogens with one attached hydrogen (secondary N) is 1. The van der Waals surface area contributed by atoms with Crippen LogP contribution in [-0.4, -0.2) is 12.6 Å². The van der Waals surface area contributed by atoms with E-state index in [1.165, 1.54) is 0 Å². The summed E-state index contributed by atoms with van der Waals surface area (Å²) in [6.45, 7) is 2.03. The number of ether oxygens (including phenoxy) is 1. The zero-order valence-electron chi connectivity index (χ0n) is 11.3. The molecule has 0 amide bonds. The van der Waals surface area contributed by atoms with E-state index in [1.807, 2.05) is 0 Å². The molecule has 0 heterocycles. The first kappa shape index (κ1) is 15.5. The predicted octanol–water partition coefficient (Wildman–Crippen LogP) is 4.50. The summed E-state index contributed by atoms with van der Waals surface area (Å²) in [4.78, 5) is 11.8. The topological polar surface area (TPSA) is 64.3 Å². The van der Waals surface area contributed by atoms with Gasteiger partial charge < -0.3 is 15.8 Å². The Hall–Kier alpha value is -1.91. The fourth-order valence-electron chi connectivity index (χ4n) is 1.84. The Balaban J connectivity index is 2.32. The van der Waals surface area contributed by atoms with E-state index in [2.05, 4.69) is 5.32 Å². The van der Waals surface area contributed by atoms with Gasteiger partial charge in [0.05, 0.1) is 23.5 Å². The summed E-state index contributed by atoms with van der Waals surface area (Å²) in [5, 5.41) is 4.10. The number of hydrogen-bond acceptors (Lipinski definition) is 4. The molecule has 4 nitrogen and oxygen atoms in total. The van der Waals surface area contributed by atoms with Crippen molar-refractivity contribution in [3.05, 3.63) is 52.0 Å². The van der Waals surface area contributed by atoms with Gasteiger partial charge in [-0.1, -0.05) is 29.3 Å². The Morgan fingerprint density at radius 3 is 2.52 bits per heavy atom. The molecule has 3 N–H and O–H groups in total. The van der Waals surface area contributed by atoms with E-state index in [0.717, 1.165) is 0 Å². The highest BCUT2D eigenvalue weighted by atomic mass is 35.5. The lowest BCUT2D eigenvalue weighted by Gasteiger charge is -2.13. The third-order valence-corrected chi connectivity index (χ3v) is 3.18. The lowest BCUT2D eigenvalue weighted by atomic mass is 10.1. The first-order valence-corrected chi connectivity index (χ1v) is 7.05. The molecule has 0 spiro atoms. The molecule has 0 aromatic heterocycles. The number of para-hydroxylation sites is 1. The zero-order chi connectivity index (χ0) is 15.4. The molecule has 0 unspecified atom stereocenters. The molecule has 6 heteroatoms. The van der Waals surface area contributed by atoms with Crippen LogP contribution in [-0.2, 0) is 4.74 Å². The lowest BCUT2D eigenvalue weighted by molar-refractivity contribution is 0.0527. The van der Waals surface area contributed by atoms with Crippen LogP contribution in [0.1, 0.15) is 17.3 Å². The summed E-state index contributed by atoms with van der Waals surface area (Å²) in [5.41, 5.74) is 7.90. The van der Waals surface area contributed by atoms with E-state index >= 15 is 0 Å². The number of carbonyl (C=O) groups excluding carboxylic acids is 1. The summed E-state index contributed by atoms with van der Waals surface area (Å²) >= 11 is 11.9. The highest BCUT2D eigenvalue weighted by Gasteiger charge is 2.13. The van der Waals surface area contributed by atoms with Crippen LogP contribution in [0, 0.1) is 0 Å². The largest absolute Gasteiger partial charge is 0.462 e. The fourth-order valence-corrected chi connectivity index (χ4v) is 2.37. The molecule has 2 rings (SSSR count). The molecule has 2 aromatic carbocycles. The molecule has 0 aliphatic heterocycles. The van der Waals surface area contributed by atoms with Crippen LogP contribution >= 0.6 is 23.2 Å². The predicted molar refractivity (Wildman–Crippen MR) is 86.6 cm³/mol. The molecule has 0 aliphatic rings. The molecule has 0 fully saturated rings. The first-order chi connectivity index (χ1) is 10.0. The van der Waals surface area contributed by atoms with Crippen molar-refractivity contribution in [2.24, 2.45) is 0 Å². The van der Waals surface area contributed by atoms with E-state index in [0.29, 0.717) is 39.3 Å². The quantitative estimate of drug-likeness (QED) is 0.642. The molecule has 0 aliphatic carbocycles. The van der Waals surface area contributed by atoms with Gasteiger partial charge in [-0.2, -0.15) is 0 Å². The van der Waals surface area contributed by atoms with Gasteiger partial charge in [0.25, 0.3) is 0 Å². The Morgan fingerprint density at radius 2 is 1.90 bits per heavy atom. The van der Waals surface area contributed by atoms with Crippen LogP contribution in [0.25, 0.3) is 0 Å². The Morgan fingerprint density at radius 1 is 1.24 bits per heavy atom. The number of carbonyl (C=O) groups is 1. The average molecular weight is 325 g/mol. The van der Waals surface area contributed by atoms with Gasteiger partial charge >= 0.3 is 5.97 Å². The van der Waals surface area contributed by atoms with Crippen LogP contribution in [0.15, 0.2) is 36.4 Å². The maximum absolute atomic E-state index is 11.8. The highest BCUT2D eigenvalue weighted by molar-refractivity contribution is 6.35. The lowest BCUT2D eigenvalue weighted by Crippen LogP contribution is -2.09. The monoisotopic (exact) mass is 324 g/mol. The van der Waals surface area contributed by atoms with E-state index in [9.17, 15) is 4.79 Å². The summed E-state index contributed by atoms with van der Waals surface area (Å²) in [6, 6.07) is 10.1. The minimum absolute atomic E-state index is 0.291. The smallest absolute Gasteiger partial charge is 0.340 e. The maximum Gasteiger partial charge on any atom is 0.340 e.